The number of hydrogen-bond acceptors (Lipinski definition) is 5. The summed E-state index contributed by atoms with van der Waals surface area (Å²) < 4.78 is 19.3. The lowest BCUT2D eigenvalue weighted by Gasteiger charge is -2.37. The number of nitriles is 1. The fourth-order valence-corrected chi connectivity index (χ4v) is 3.02. The minimum absolute atomic E-state index is 0.270. The Kier molecular flexibility index (Phi) is 5.14. The van der Waals surface area contributed by atoms with Crippen LogP contribution in [0.3, 0.4) is 0 Å². The second-order valence-electron chi connectivity index (χ2n) is 5.96. The van der Waals surface area contributed by atoms with E-state index in [1.807, 2.05) is 11.0 Å². The Morgan fingerprint density at radius 1 is 1.00 bits per heavy atom. The van der Waals surface area contributed by atoms with Crippen molar-refractivity contribution in [3.8, 4) is 6.07 Å². The van der Waals surface area contributed by atoms with Crippen LogP contribution in [0.1, 0.15) is 5.56 Å². The summed E-state index contributed by atoms with van der Waals surface area (Å²) in [6.07, 6.45) is 0. The van der Waals surface area contributed by atoms with Crippen LogP contribution in [0.15, 0.2) is 18.2 Å². The molecular formula is C17H19FN4O3. The predicted molar refractivity (Wildman–Crippen MR) is 87.3 cm³/mol. The maximum atomic E-state index is 14.1. The first-order valence-electron chi connectivity index (χ1n) is 8.20. The summed E-state index contributed by atoms with van der Waals surface area (Å²) in [7, 11) is 0. The van der Waals surface area contributed by atoms with Gasteiger partial charge in [0.1, 0.15) is 5.82 Å². The SMILES string of the molecule is N#Cc1ccc(N2CCN(C(=O)C(=O)N3CCOCC3)CC2)c(F)c1. The molecule has 0 aromatic heterocycles. The Bertz CT molecular complexity index is 704. The van der Waals surface area contributed by atoms with Crippen LogP contribution >= 0.6 is 0 Å². The van der Waals surface area contributed by atoms with Crippen LogP contribution in [0.2, 0.25) is 0 Å². The van der Waals surface area contributed by atoms with Crippen molar-refractivity contribution in [2.75, 3.05) is 57.4 Å². The largest absolute Gasteiger partial charge is 0.378 e. The maximum Gasteiger partial charge on any atom is 0.312 e. The average Bonchev–Trinajstić information content (AvgIpc) is 2.67. The number of anilines is 1. The molecule has 2 saturated heterocycles. The first-order valence-corrected chi connectivity index (χ1v) is 8.20. The van der Waals surface area contributed by atoms with Crippen LogP contribution < -0.4 is 4.90 Å². The summed E-state index contributed by atoms with van der Waals surface area (Å²) in [6.45, 7) is 3.34. The number of carbonyl (C=O) groups excluding carboxylic acids is 2. The number of nitrogens with zero attached hydrogens (tertiary/aromatic N) is 4. The molecule has 0 radical (unpaired) electrons. The molecule has 1 aromatic carbocycles. The van der Waals surface area contributed by atoms with Crippen molar-refractivity contribution in [3.05, 3.63) is 29.6 Å². The molecule has 0 bridgehead atoms. The van der Waals surface area contributed by atoms with Crippen molar-refractivity contribution < 1.29 is 18.7 Å². The number of benzene rings is 1. The van der Waals surface area contributed by atoms with E-state index in [-0.39, 0.29) is 5.56 Å². The number of amides is 2. The molecular weight excluding hydrogens is 327 g/mol. The highest BCUT2D eigenvalue weighted by atomic mass is 19.1. The second-order valence-corrected chi connectivity index (χ2v) is 5.96. The van der Waals surface area contributed by atoms with E-state index in [2.05, 4.69) is 0 Å². The van der Waals surface area contributed by atoms with E-state index >= 15 is 0 Å². The highest BCUT2D eigenvalue weighted by Gasteiger charge is 2.30. The van der Waals surface area contributed by atoms with Crippen LogP contribution in [-0.4, -0.2) is 74.1 Å². The highest BCUT2D eigenvalue weighted by Crippen LogP contribution is 2.22. The number of piperazine rings is 1. The normalized spacial score (nSPS) is 18.0. The Labute approximate surface area is 145 Å². The molecule has 0 N–H and O–H groups in total. The summed E-state index contributed by atoms with van der Waals surface area (Å²) in [5.41, 5.74) is 0.678. The third-order valence-electron chi connectivity index (χ3n) is 4.47. The molecule has 0 unspecified atom stereocenters. The number of morpholine rings is 1. The zero-order chi connectivity index (χ0) is 17.8. The minimum atomic E-state index is -0.512. The van der Waals surface area contributed by atoms with Crippen LogP contribution in [0.4, 0.5) is 10.1 Å². The van der Waals surface area contributed by atoms with E-state index in [1.54, 1.807) is 12.1 Å². The summed E-state index contributed by atoms with van der Waals surface area (Å²) in [6, 6.07) is 6.25. The minimum Gasteiger partial charge on any atom is -0.378 e. The number of ether oxygens (including phenoxy) is 1. The third-order valence-corrected chi connectivity index (χ3v) is 4.47. The molecule has 1 aromatic rings. The van der Waals surface area contributed by atoms with E-state index in [0.717, 1.165) is 0 Å². The van der Waals surface area contributed by atoms with Gasteiger partial charge >= 0.3 is 11.8 Å². The van der Waals surface area contributed by atoms with Gasteiger partial charge in [-0.2, -0.15) is 5.26 Å². The van der Waals surface area contributed by atoms with Gasteiger partial charge in [0, 0.05) is 39.3 Å². The second kappa shape index (κ2) is 7.49. The van der Waals surface area contributed by atoms with Gasteiger partial charge in [-0.25, -0.2) is 4.39 Å². The number of hydrogen-bond donors (Lipinski definition) is 0. The van der Waals surface area contributed by atoms with E-state index in [1.165, 1.54) is 15.9 Å². The Morgan fingerprint density at radius 2 is 1.60 bits per heavy atom. The number of rotatable bonds is 1. The first kappa shape index (κ1) is 17.2. The summed E-state index contributed by atoms with van der Waals surface area (Å²) in [4.78, 5) is 29.4. The van der Waals surface area contributed by atoms with Gasteiger partial charge in [-0.15, -0.1) is 0 Å². The molecule has 25 heavy (non-hydrogen) atoms. The molecule has 2 amide bonds. The van der Waals surface area contributed by atoms with Crippen molar-refractivity contribution in [2.45, 2.75) is 0 Å². The molecule has 2 aliphatic heterocycles. The molecule has 0 spiro atoms. The van der Waals surface area contributed by atoms with Crippen molar-refractivity contribution in [2.24, 2.45) is 0 Å². The molecule has 2 heterocycles. The fraction of sp³-hybridized carbons (Fsp3) is 0.471. The Hall–Kier alpha value is -2.66. The van der Waals surface area contributed by atoms with Crippen LogP contribution in [0.25, 0.3) is 0 Å². The van der Waals surface area contributed by atoms with Gasteiger partial charge < -0.3 is 19.4 Å². The summed E-state index contributed by atoms with van der Waals surface area (Å²) >= 11 is 0. The molecule has 2 fully saturated rings. The fourth-order valence-electron chi connectivity index (χ4n) is 3.02. The molecule has 8 heteroatoms. The van der Waals surface area contributed by atoms with Gasteiger partial charge in [0.15, 0.2) is 0 Å². The van der Waals surface area contributed by atoms with Crippen LogP contribution in [0.5, 0.6) is 0 Å². The maximum absolute atomic E-state index is 14.1. The monoisotopic (exact) mass is 346 g/mol. The van der Waals surface area contributed by atoms with E-state index < -0.39 is 17.6 Å². The Morgan fingerprint density at radius 3 is 2.16 bits per heavy atom. The lowest BCUT2D eigenvalue weighted by molar-refractivity contribution is -0.154. The summed E-state index contributed by atoms with van der Waals surface area (Å²) in [5, 5.41) is 8.80. The molecule has 2 aliphatic rings. The van der Waals surface area contributed by atoms with E-state index in [0.29, 0.717) is 58.2 Å². The van der Waals surface area contributed by atoms with Gasteiger partial charge in [-0.3, -0.25) is 9.59 Å². The lowest BCUT2D eigenvalue weighted by atomic mass is 10.2. The van der Waals surface area contributed by atoms with E-state index in [9.17, 15) is 14.0 Å². The lowest BCUT2D eigenvalue weighted by Crippen LogP contribution is -2.54. The Balaban J connectivity index is 1.59. The average molecular weight is 346 g/mol. The van der Waals surface area contributed by atoms with Gasteiger partial charge in [0.05, 0.1) is 30.5 Å². The smallest absolute Gasteiger partial charge is 0.312 e. The van der Waals surface area contributed by atoms with Crippen molar-refractivity contribution >= 4 is 17.5 Å². The molecule has 3 rings (SSSR count). The zero-order valence-corrected chi connectivity index (χ0v) is 13.8. The van der Waals surface area contributed by atoms with Crippen LogP contribution in [-0.2, 0) is 14.3 Å². The topological polar surface area (TPSA) is 76.9 Å². The quantitative estimate of drug-likeness (QED) is 0.679. The van der Waals surface area contributed by atoms with Crippen molar-refractivity contribution in [3.63, 3.8) is 0 Å². The predicted octanol–water partition coefficient (Wildman–Crippen LogP) is 0.205. The van der Waals surface area contributed by atoms with Gasteiger partial charge in [0.25, 0.3) is 0 Å². The first-order chi connectivity index (χ1) is 12.1. The van der Waals surface area contributed by atoms with Crippen LogP contribution in [0, 0.1) is 17.1 Å². The molecule has 0 aliphatic carbocycles. The molecule has 132 valence electrons. The summed E-state index contributed by atoms with van der Waals surface area (Å²) in [5.74, 6) is -1.47. The zero-order valence-electron chi connectivity index (χ0n) is 13.8. The molecule has 7 nitrogen and oxygen atoms in total. The molecule has 0 atom stereocenters. The standard InChI is InChI=1S/C17H19FN4O3/c18-14-11-13(12-19)1-2-15(14)20-3-5-21(6-4-20)16(23)17(24)22-7-9-25-10-8-22/h1-2,11H,3-10H2. The van der Waals surface area contributed by atoms with Crippen molar-refractivity contribution in [1.82, 2.24) is 9.80 Å². The van der Waals surface area contributed by atoms with Crippen molar-refractivity contribution in [1.29, 1.82) is 5.26 Å². The van der Waals surface area contributed by atoms with Gasteiger partial charge in [-0.05, 0) is 18.2 Å². The highest BCUT2D eigenvalue weighted by molar-refractivity contribution is 6.34. The third kappa shape index (κ3) is 3.72. The number of carbonyl (C=O) groups is 2. The number of halogens is 1. The van der Waals surface area contributed by atoms with Gasteiger partial charge in [-0.1, -0.05) is 0 Å². The molecule has 0 saturated carbocycles. The van der Waals surface area contributed by atoms with E-state index in [4.69, 9.17) is 10.00 Å². The van der Waals surface area contributed by atoms with Gasteiger partial charge in [0.2, 0.25) is 0 Å².